The number of quaternary nitrogens is 1. The Bertz CT molecular complexity index is 1200. The smallest absolute Gasteiger partial charge is 0.268 e. The molecule has 1 rings (SSSR count). The number of ether oxygens (including phenoxy) is 1. The van der Waals surface area contributed by atoms with Crippen molar-refractivity contribution in [1.29, 1.82) is 0 Å². The first kappa shape index (κ1) is 48.7. The van der Waals surface area contributed by atoms with E-state index in [0.717, 1.165) is 57.8 Å². The van der Waals surface area contributed by atoms with Gasteiger partial charge in [0.2, 0.25) is 5.91 Å². The van der Waals surface area contributed by atoms with Crippen molar-refractivity contribution in [2.75, 3.05) is 40.9 Å². The lowest BCUT2D eigenvalue weighted by atomic mass is 10.1. The number of hydrogen-bond acceptors (Lipinski definition) is 7. The number of epoxide rings is 1. The molecule has 0 spiro atoms. The quantitative estimate of drug-likeness (QED) is 0.0225. The fraction of sp³-hybridized carbons (Fsp3) is 0.651. The molecule has 1 aliphatic heterocycles. The minimum Gasteiger partial charge on any atom is -0.756 e. The Balaban J connectivity index is 2.42. The second-order valence-electron chi connectivity index (χ2n) is 14.6. The Morgan fingerprint density at radius 3 is 1.98 bits per heavy atom. The van der Waals surface area contributed by atoms with Crippen molar-refractivity contribution in [2.45, 2.75) is 141 Å². The van der Waals surface area contributed by atoms with Crippen LogP contribution in [0.4, 0.5) is 0 Å². The van der Waals surface area contributed by atoms with Gasteiger partial charge in [-0.2, -0.15) is 0 Å². The van der Waals surface area contributed by atoms with E-state index in [4.69, 9.17) is 13.8 Å². The van der Waals surface area contributed by atoms with Crippen LogP contribution in [-0.2, 0) is 23.1 Å². The average molecular weight is 761 g/mol. The number of amides is 1. The van der Waals surface area contributed by atoms with Crippen molar-refractivity contribution in [3.05, 3.63) is 85.1 Å². The van der Waals surface area contributed by atoms with Crippen LogP contribution in [0, 0.1) is 0 Å². The number of phosphoric acid groups is 1. The fourth-order valence-corrected chi connectivity index (χ4v) is 5.89. The standard InChI is InChI=1S/C43H73N2O7P/c1-6-8-10-11-12-13-16-19-22-25-29-32-40(46)39(38-51-53(48,49)50-37-36-45(3,4)5)44-43(47)35-31-27-24-21-18-15-14-17-20-23-26-30-34-42-41(52-42)33-28-9-7-2/h9,15-20,24,26-30,32,39-42,46H,6-8,10-14,21-23,25,31,33-38H2,1-5H3,(H-,44,47,48,49)/b18-15-,19-16-,20-17-,27-24-,28-9-,30-26-,32-29+/t39-,40+,41?,42?/m0/s1. The second-order valence-corrected chi connectivity index (χ2v) is 16.0. The monoisotopic (exact) mass is 761 g/mol. The van der Waals surface area contributed by atoms with Crippen LogP contribution in [-0.4, -0.2) is 80.8 Å². The van der Waals surface area contributed by atoms with E-state index in [-0.39, 0.29) is 18.9 Å². The zero-order valence-electron chi connectivity index (χ0n) is 33.6. The molecule has 1 amide bonds. The van der Waals surface area contributed by atoms with Gasteiger partial charge in [-0.05, 0) is 70.6 Å². The lowest BCUT2D eigenvalue weighted by molar-refractivity contribution is -0.870. The number of carbonyl (C=O) groups excluding carboxylic acids is 1. The number of likely N-dealkylation sites (N-methyl/N-ethyl adjacent to an activating group) is 1. The van der Waals surface area contributed by atoms with Crippen molar-refractivity contribution in [3.63, 3.8) is 0 Å². The fourth-order valence-electron chi connectivity index (χ4n) is 5.17. The van der Waals surface area contributed by atoms with Crippen molar-refractivity contribution in [3.8, 4) is 0 Å². The van der Waals surface area contributed by atoms with Gasteiger partial charge in [-0.1, -0.05) is 125 Å². The molecule has 5 atom stereocenters. The summed E-state index contributed by atoms with van der Waals surface area (Å²) in [4.78, 5) is 25.2. The Kier molecular flexibility index (Phi) is 28.4. The molecule has 0 aromatic rings. The van der Waals surface area contributed by atoms with Crippen LogP contribution in [0.5, 0.6) is 0 Å². The second kappa shape index (κ2) is 30.9. The largest absolute Gasteiger partial charge is 0.756 e. The molecule has 1 saturated heterocycles. The van der Waals surface area contributed by atoms with Gasteiger partial charge in [0.05, 0.1) is 52.1 Å². The molecule has 1 aliphatic rings. The average Bonchev–Trinajstić information content (AvgIpc) is 3.86. The third-order valence-electron chi connectivity index (χ3n) is 8.50. The molecular formula is C43H73N2O7P. The number of carbonyl (C=O) groups is 1. The van der Waals surface area contributed by atoms with Crippen molar-refractivity contribution in [1.82, 2.24) is 5.32 Å². The summed E-state index contributed by atoms with van der Waals surface area (Å²) in [6, 6.07) is -0.949. The predicted octanol–water partition coefficient (Wildman–Crippen LogP) is 8.98. The van der Waals surface area contributed by atoms with Gasteiger partial charge in [0, 0.05) is 6.42 Å². The summed E-state index contributed by atoms with van der Waals surface area (Å²) < 4.78 is 28.7. The molecule has 53 heavy (non-hydrogen) atoms. The Hall–Kier alpha value is -2.36. The number of allylic oxidation sites excluding steroid dienone is 11. The van der Waals surface area contributed by atoms with Gasteiger partial charge in [-0.3, -0.25) is 9.36 Å². The maximum absolute atomic E-state index is 12.8. The summed E-state index contributed by atoms with van der Waals surface area (Å²) in [5.41, 5.74) is 0. The molecule has 0 aromatic heterocycles. The third kappa shape index (κ3) is 30.6. The van der Waals surface area contributed by atoms with Crippen molar-refractivity contribution in [2.24, 2.45) is 0 Å². The van der Waals surface area contributed by atoms with Crippen LogP contribution in [0.1, 0.15) is 117 Å². The SMILES string of the molecule is CC/C=C\CC1OC1C/C=C\C/C=C\C/C=C\C/C=C\CCC(=O)N[C@@H](COP(=O)([O-])OCC[N+](C)(C)C)[C@H](O)/C=C/CC/C=C\CCCCCCC. The first-order valence-electron chi connectivity index (χ1n) is 20.1. The summed E-state index contributed by atoms with van der Waals surface area (Å²) in [5.74, 6) is -0.299. The molecule has 0 bridgehead atoms. The summed E-state index contributed by atoms with van der Waals surface area (Å²) in [6.45, 7) is 4.37. The molecule has 0 aliphatic carbocycles. The number of aliphatic hydroxyl groups excluding tert-OH is 1. The normalized spacial score (nSPS) is 19.2. The van der Waals surface area contributed by atoms with Crippen LogP contribution < -0.4 is 10.2 Å². The molecular weight excluding hydrogens is 687 g/mol. The minimum atomic E-state index is -4.62. The van der Waals surface area contributed by atoms with E-state index in [0.29, 0.717) is 29.7 Å². The molecule has 10 heteroatoms. The Labute approximate surface area is 322 Å². The Morgan fingerprint density at radius 2 is 1.34 bits per heavy atom. The molecule has 2 N–H and O–H groups in total. The number of aliphatic hydroxyl groups is 1. The molecule has 0 radical (unpaired) electrons. The van der Waals surface area contributed by atoms with E-state index in [9.17, 15) is 19.4 Å². The first-order valence-corrected chi connectivity index (χ1v) is 21.5. The number of rotatable bonds is 33. The molecule has 3 unspecified atom stereocenters. The minimum absolute atomic E-state index is 0.0269. The lowest BCUT2D eigenvalue weighted by Crippen LogP contribution is -2.45. The van der Waals surface area contributed by atoms with Gasteiger partial charge < -0.3 is 33.6 Å². The van der Waals surface area contributed by atoms with Crippen LogP contribution in [0.15, 0.2) is 85.1 Å². The summed E-state index contributed by atoms with van der Waals surface area (Å²) in [6.07, 6.45) is 44.0. The van der Waals surface area contributed by atoms with E-state index >= 15 is 0 Å². The molecule has 302 valence electrons. The molecule has 1 fully saturated rings. The van der Waals surface area contributed by atoms with E-state index in [1.807, 2.05) is 39.4 Å². The van der Waals surface area contributed by atoms with Crippen LogP contribution in [0.3, 0.4) is 0 Å². The highest BCUT2D eigenvalue weighted by Crippen LogP contribution is 2.38. The Morgan fingerprint density at radius 1 is 0.774 bits per heavy atom. The van der Waals surface area contributed by atoms with E-state index in [2.05, 4.69) is 79.9 Å². The zero-order valence-corrected chi connectivity index (χ0v) is 34.5. The number of nitrogens with one attached hydrogen (secondary N) is 1. The van der Waals surface area contributed by atoms with Gasteiger partial charge in [0.1, 0.15) is 13.2 Å². The highest BCUT2D eigenvalue weighted by molar-refractivity contribution is 7.45. The first-order chi connectivity index (χ1) is 25.5. The summed E-state index contributed by atoms with van der Waals surface area (Å²) >= 11 is 0. The molecule has 0 aromatic carbocycles. The summed E-state index contributed by atoms with van der Waals surface area (Å²) in [7, 11) is 1.17. The zero-order chi connectivity index (χ0) is 39.0. The van der Waals surface area contributed by atoms with Crippen LogP contribution in [0.2, 0.25) is 0 Å². The number of unbranched alkanes of at least 4 members (excludes halogenated alkanes) is 6. The summed E-state index contributed by atoms with van der Waals surface area (Å²) in [5, 5.41) is 13.6. The van der Waals surface area contributed by atoms with Gasteiger partial charge in [-0.15, -0.1) is 0 Å². The third-order valence-corrected chi connectivity index (χ3v) is 9.47. The number of hydrogen-bond donors (Lipinski definition) is 2. The van der Waals surface area contributed by atoms with E-state index in [1.54, 1.807) is 6.08 Å². The van der Waals surface area contributed by atoms with Crippen LogP contribution in [0.25, 0.3) is 0 Å². The maximum Gasteiger partial charge on any atom is 0.268 e. The van der Waals surface area contributed by atoms with E-state index < -0.39 is 26.6 Å². The predicted molar refractivity (Wildman–Crippen MR) is 218 cm³/mol. The number of phosphoric ester groups is 1. The van der Waals surface area contributed by atoms with Crippen molar-refractivity contribution < 1.29 is 37.6 Å². The molecule has 1 heterocycles. The maximum atomic E-state index is 12.8. The molecule has 0 saturated carbocycles. The van der Waals surface area contributed by atoms with Gasteiger partial charge in [0.15, 0.2) is 0 Å². The van der Waals surface area contributed by atoms with Gasteiger partial charge >= 0.3 is 0 Å². The molecule has 9 nitrogen and oxygen atoms in total. The highest BCUT2D eigenvalue weighted by Gasteiger charge is 2.35. The number of nitrogens with zero attached hydrogens (tertiary/aromatic N) is 1. The van der Waals surface area contributed by atoms with Gasteiger partial charge in [0.25, 0.3) is 7.82 Å². The highest BCUT2D eigenvalue weighted by atomic mass is 31.2. The topological polar surface area (TPSA) is 120 Å². The van der Waals surface area contributed by atoms with Gasteiger partial charge in [-0.25, -0.2) is 0 Å². The lowest BCUT2D eigenvalue weighted by Gasteiger charge is -2.29. The van der Waals surface area contributed by atoms with Crippen molar-refractivity contribution >= 4 is 13.7 Å². The van der Waals surface area contributed by atoms with E-state index in [1.165, 1.54) is 32.1 Å². The van der Waals surface area contributed by atoms with Crippen LogP contribution >= 0.6 is 7.82 Å².